The molecule has 0 aliphatic carbocycles. The van der Waals surface area contributed by atoms with Gasteiger partial charge in [-0.2, -0.15) is 0 Å². The van der Waals surface area contributed by atoms with Gasteiger partial charge in [-0.1, -0.05) is 74.4 Å². The SMILES string of the molecule is CCN1CC[N+]2=C1N(CCCc1cc(C(C)(C)C)cc(C=NCCN=Cc3cc(C(C)(C)C)cc(C(C)(C)C)c3O)c1O)CC2.O=C(O)C(=O)O.[Co]. The van der Waals surface area contributed by atoms with Gasteiger partial charge in [0.05, 0.1) is 52.4 Å². The Balaban J connectivity index is 0.00000123. The van der Waals surface area contributed by atoms with Crippen molar-refractivity contribution in [3.8, 4) is 11.5 Å². The fraction of sp³-hybridized carbons (Fsp3) is 0.575. The van der Waals surface area contributed by atoms with Crippen molar-refractivity contribution in [2.24, 2.45) is 9.98 Å². The van der Waals surface area contributed by atoms with Crippen LogP contribution < -0.4 is 0 Å². The van der Waals surface area contributed by atoms with E-state index in [1.165, 1.54) is 17.1 Å². The van der Waals surface area contributed by atoms with E-state index in [0.717, 1.165) is 74.4 Å². The van der Waals surface area contributed by atoms with Gasteiger partial charge in [-0.25, -0.2) is 9.59 Å². The summed E-state index contributed by atoms with van der Waals surface area (Å²) in [5.74, 6) is -1.62. The zero-order chi connectivity index (χ0) is 38.3. The normalized spacial score (nSPS) is 14.9. The Morgan fingerprint density at radius 1 is 0.750 bits per heavy atom. The molecule has 0 spiro atoms. The smallest absolute Gasteiger partial charge is 0.414 e. The first-order valence-corrected chi connectivity index (χ1v) is 18.0. The third-order valence-corrected chi connectivity index (χ3v) is 9.28. The third-order valence-electron chi connectivity index (χ3n) is 9.28. The molecule has 0 unspecified atom stereocenters. The molecule has 1 radical (unpaired) electrons. The van der Waals surface area contributed by atoms with E-state index in [9.17, 15) is 10.2 Å². The monoisotopic (exact) mass is 765 g/mol. The molecule has 0 bridgehead atoms. The van der Waals surface area contributed by atoms with E-state index in [4.69, 9.17) is 19.8 Å². The summed E-state index contributed by atoms with van der Waals surface area (Å²) in [6, 6.07) is 8.42. The van der Waals surface area contributed by atoms with Gasteiger partial charge < -0.3 is 20.4 Å². The van der Waals surface area contributed by atoms with E-state index >= 15 is 0 Å². The molecule has 2 aromatic carbocycles. The number of nitrogens with zero attached hydrogens (tertiary/aromatic N) is 5. The number of rotatable bonds is 10. The molecule has 0 saturated heterocycles. The van der Waals surface area contributed by atoms with Crippen molar-refractivity contribution >= 4 is 30.3 Å². The third kappa shape index (κ3) is 11.8. The van der Waals surface area contributed by atoms with Gasteiger partial charge in [0.15, 0.2) is 0 Å². The van der Waals surface area contributed by atoms with Crippen LogP contribution in [0.5, 0.6) is 11.5 Å². The van der Waals surface area contributed by atoms with Crippen molar-refractivity contribution in [3.05, 3.63) is 57.6 Å². The van der Waals surface area contributed by atoms with Crippen molar-refractivity contribution in [1.29, 1.82) is 0 Å². The number of phenolic OH excluding ortho intramolecular Hbond substituents is 2. The van der Waals surface area contributed by atoms with Crippen LogP contribution in [0.15, 0.2) is 34.3 Å². The number of hydrogen-bond acceptors (Lipinski definition) is 8. The summed E-state index contributed by atoms with van der Waals surface area (Å²) >= 11 is 0. The number of carboxylic acid groups (broad SMARTS) is 2. The molecule has 2 heterocycles. The average molecular weight is 766 g/mol. The largest absolute Gasteiger partial charge is 0.507 e. The first-order chi connectivity index (χ1) is 23.6. The summed E-state index contributed by atoms with van der Waals surface area (Å²) in [7, 11) is 0. The van der Waals surface area contributed by atoms with E-state index < -0.39 is 11.9 Å². The maximum atomic E-state index is 11.3. The topological polar surface area (TPSA) is 149 Å². The number of aliphatic carboxylic acids is 2. The fourth-order valence-corrected chi connectivity index (χ4v) is 6.21. The van der Waals surface area contributed by atoms with Crippen LogP contribution in [0.1, 0.15) is 109 Å². The molecule has 4 rings (SSSR count). The Labute approximate surface area is 320 Å². The van der Waals surface area contributed by atoms with Gasteiger partial charge in [0.1, 0.15) is 11.5 Å². The fourth-order valence-electron chi connectivity index (χ4n) is 6.21. The Kier molecular flexibility index (Phi) is 15.5. The number of aryl methyl sites for hydroxylation is 1. The number of carboxylic acids is 2. The number of aromatic hydroxyl groups is 2. The number of likely N-dealkylation sites (N-methyl/N-ethyl adjacent to an activating group) is 1. The van der Waals surface area contributed by atoms with Gasteiger partial charge in [0.25, 0.3) is 0 Å². The minimum atomic E-state index is -1.82. The first-order valence-electron chi connectivity index (χ1n) is 18.0. The summed E-state index contributed by atoms with van der Waals surface area (Å²) in [5, 5.41) is 37.1. The zero-order valence-corrected chi connectivity index (χ0v) is 33.8. The molecule has 2 aliphatic heterocycles. The van der Waals surface area contributed by atoms with Crippen molar-refractivity contribution < 1.29 is 51.4 Å². The van der Waals surface area contributed by atoms with Gasteiger partial charge >= 0.3 is 17.9 Å². The van der Waals surface area contributed by atoms with Crippen LogP contribution in [-0.4, -0.2) is 117 Å². The molecule has 0 saturated carbocycles. The Hall–Kier alpha value is -3.90. The molecule has 0 aromatic heterocycles. The number of carbonyl (C=O) groups is 2. The number of aliphatic imine (C=N–C) groups is 2. The average Bonchev–Trinajstić information content (AvgIpc) is 3.62. The van der Waals surface area contributed by atoms with Crippen LogP contribution in [0.25, 0.3) is 0 Å². The second-order valence-electron chi connectivity index (χ2n) is 16.4. The Morgan fingerprint density at radius 3 is 1.69 bits per heavy atom. The van der Waals surface area contributed by atoms with Crippen LogP contribution in [0.3, 0.4) is 0 Å². The minimum Gasteiger partial charge on any atom is -0.507 e. The van der Waals surface area contributed by atoms with Crippen molar-refractivity contribution in [3.63, 3.8) is 0 Å². The maximum absolute atomic E-state index is 11.3. The van der Waals surface area contributed by atoms with E-state index in [0.29, 0.717) is 24.6 Å². The number of phenols is 2. The van der Waals surface area contributed by atoms with Gasteiger partial charge in [0, 0.05) is 45.9 Å². The number of hydrogen-bond donors (Lipinski definition) is 4. The van der Waals surface area contributed by atoms with Crippen LogP contribution >= 0.6 is 0 Å². The summed E-state index contributed by atoms with van der Waals surface area (Å²) in [6.45, 7) is 29.3. The number of benzene rings is 2. The summed E-state index contributed by atoms with van der Waals surface area (Å²) in [5.41, 5.74) is 5.55. The molecule has 2 aromatic rings. The predicted molar refractivity (Wildman–Crippen MR) is 205 cm³/mol. The predicted octanol–water partition coefficient (Wildman–Crippen LogP) is 5.63. The Morgan fingerprint density at radius 2 is 1.23 bits per heavy atom. The summed E-state index contributed by atoms with van der Waals surface area (Å²) < 4.78 is 2.51. The maximum Gasteiger partial charge on any atom is 0.414 e. The van der Waals surface area contributed by atoms with Gasteiger partial charge in [0.2, 0.25) is 0 Å². The van der Waals surface area contributed by atoms with Crippen LogP contribution in [-0.2, 0) is 49.0 Å². The molecule has 0 amide bonds. The molecule has 4 N–H and O–H groups in total. The molecule has 52 heavy (non-hydrogen) atoms. The van der Waals surface area contributed by atoms with Crippen molar-refractivity contribution in [2.45, 2.75) is 98.3 Å². The Bertz CT molecular complexity index is 1650. The van der Waals surface area contributed by atoms with Crippen LogP contribution in [0.4, 0.5) is 0 Å². The van der Waals surface area contributed by atoms with Crippen LogP contribution in [0, 0.1) is 0 Å². The summed E-state index contributed by atoms with van der Waals surface area (Å²) in [6.07, 6.45) is 5.38. The molecule has 12 heteroatoms. The standard InChI is InChI=1S/C38H57N5O2.C2H2O4.Co/c1-11-41-17-18-43-20-19-42(35(41)43)16-12-13-27-21-30(36(2,3)4)22-28(33(27)44)25-39-14-15-40-26-29-23-31(37(5,6)7)24-32(34(29)45)38(8,9)10;3-1(4)2(5)6;/h21-26H,11-20H2,1-10H3,(H-,39,40,44,45);(H,3,4)(H,5,6);/p+1. The van der Waals surface area contributed by atoms with Crippen molar-refractivity contribution in [1.82, 2.24) is 9.80 Å². The first kappa shape index (κ1) is 44.3. The molecule has 0 atom stereocenters. The zero-order valence-electron chi connectivity index (χ0n) is 32.7. The van der Waals surface area contributed by atoms with Crippen molar-refractivity contribution in [2.75, 3.05) is 52.4 Å². The van der Waals surface area contributed by atoms with Gasteiger partial charge in [-0.3, -0.25) is 24.4 Å². The second kappa shape index (κ2) is 18.2. The van der Waals surface area contributed by atoms with E-state index in [-0.39, 0.29) is 33.0 Å². The molecule has 11 nitrogen and oxygen atoms in total. The van der Waals surface area contributed by atoms with Gasteiger partial charge in [-0.05, 0) is 64.8 Å². The minimum absolute atomic E-state index is 0. The molecule has 2 aliphatic rings. The second-order valence-corrected chi connectivity index (χ2v) is 16.4. The van der Waals surface area contributed by atoms with Crippen LogP contribution in [0.2, 0.25) is 0 Å². The number of guanidine groups is 1. The summed E-state index contributed by atoms with van der Waals surface area (Å²) in [4.78, 5) is 32.5. The van der Waals surface area contributed by atoms with E-state index in [1.54, 1.807) is 12.4 Å². The quantitative estimate of drug-likeness (QED) is 0.105. The van der Waals surface area contributed by atoms with Gasteiger partial charge in [-0.15, -0.1) is 0 Å². The molecule has 0 fully saturated rings. The molecular weight excluding hydrogens is 705 g/mol. The molecular formula is C40H60CoN5O6+. The molecule has 289 valence electrons. The van der Waals surface area contributed by atoms with E-state index in [1.807, 2.05) is 6.07 Å². The van der Waals surface area contributed by atoms with E-state index in [2.05, 4.69) is 112 Å².